The topological polar surface area (TPSA) is 331 Å². The molecule has 0 saturated heterocycles. The average molecular weight is 713 g/mol. The molecule has 1 fully saturated rings. The van der Waals surface area contributed by atoms with Crippen molar-refractivity contribution in [2.45, 2.75) is 120 Å². The molecule has 0 heterocycles. The summed E-state index contributed by atoms with van der Waals surface area (Å²) in [7, 11) is 0. The Morgan fingerprint density at radius 2 is 1.02 bits per heavy atom. The molecular weight excluding hydrogens is 656 g/mol. The van der Waals surface area contributed by atoms with Crippen molar-refractivity contribution in [2.75, 3.05) is 0 Å². The van der Waals surface area contributed by atoms with Gasteiger partial charge in [0.1, 0.15) is 0 Å². The Bertz CT molecular complexity index is 902. The number of hydrogen-bond acceptors (Lipinski definition) is 5. The third-order valence-corrected chi connectivity index (χ3v) is 5.90. The minimum absolute atomic E-state index is 0. The van der Waals surface area contributed by atoms with Crippen LogP contribution in [0.2, 0.25) is 0 Å². The van der Waals surface area contributed by atoms with E-state index in [0.717, 1.165) is 46.0 Å². The maximum Gasteiger partial charge on any atom is 1.00 e. The van der Waals surface area contributed by atoms with Crippen LogP contribution in [0.3, 0.4) is 0 Å². The number of carboxylic acid groups (broad SMARTS) is 3. The number of rotatable bonds is 2. The molecule has 0 bridgehead atoms. The van der Waals surface area contributed by atoms with Crippen molar-refractivity contribution in [2.24, 2.45) is 32.9 Å². The molecular formula is C27H56MnN9NaO8. The Morgan fingerprint density at radius 1 is 0.696 bits per heavy atom. The predicted octanol–water partition coefficient (Wildman–Crippen LogP) is 4.71. The molecule has 46 heavy (non-hydrogen) atoms. The molecule has 17 nitrogen and oxygen atoms in total. The Labute approximate surface area is 306 Å². The molecule has 19 heteroatoms. The molecule has 265 valence electrons. The van der Waals surface area contributed by atoms with Gasteiger partial charge in [0.25, 0.3) is 17.9 Å². The van der Waals surface area contributed by atoms with Crippen molar-refractivity contribution in [1.29, 1.82) is 0 Å². The number of carbonyl (C=O) groups is 3. The maximum absolute atomic E-state index is 9.00. The Balaban J connectivity index is -0.0000000567. The molecule has 0 aromatic carbocycles. The second-order valence-corrected chi connectivity index (χ2v) is 11.4. The van der Waals surface area contributed by atoms with E-state index in [1.165, 1.54) is 24.2 Å². The first kappa shape index (κ1) is 66.0. The number of carboxylic acids is 3. The molecule has 0 aromatic rings. The molecule has 2 rings (SSSR count). The molecule has 7 N–H and O–H groups in total. The zero-order valence-corrected chi connectivity index (χ0v) is 31.4. The van der Waals surface area contributed by atoms with Crippen LogP contribution >= 0.6 is 0 Å². The van der Waals surface area contributed by atoms with Crippen molar-refractivity contribution in [1.82, 2.24) is 0 Å². The van der Waals surface area contributed by atoms with Crippen molar-refractivity contribution >= 4 is 17.9 Å². The van der Waals surface area contributed by atoms with E-state index in [9.17, 15) is 0 Å². The number of allylic oxidation sites excluding steroid dienone is 2. The minimum Gasteiger partial charge on any atom is -0.481 e. The standard InChI is InChI=1S/C10H18N6.C10H18.3C2H4O2.CH4.Mn.N3.Na.2H2O/c1-10(2,3)7-4-5-8(13-15-11)9(6-7)14-16-12;1-10(2,3)9-7-5-4-6-8-9;3*1-2(3)4;;;1-3-2;;;/h7-9H,4-6H2,1-3H3;4-5,9H,6-8H2,1-3H3;3*1H3,(H,3,4);1H4;;;;2*1H2/q;;;;;;;-1;+1;;. The molecule has 2 aliphatic rings. The molecule has 0 spiro atoms. The average Bonchev–Trinajstić information content (AvgIpc) is 2.80. The van der Waals surface area contributed by atoms with Crippen LogP contribution in [-0.2, 0) is 31.5 Å². The largest absolute Gasteiger partial charge is 1.00 e. The summed E-state index contributed by atoms with van der Waals surface area (Å²) >= 11 is 0. The van der Waals surface area contributed by atoms with Crippen LogP contribution in [0.25, 0.3) is 36.9 Å². The second kappa shape index (κ2) is 38.7. The van der Waals surface area contributed by atoms with Gasteiger partial charge in [-0.2, -0.15) is 0 Å². The van der Waals surface area contributed by atoms with Crippen LogP contribution in [0, 0.1) is 22.7 Å². The number of nitrogens with zero attached hydrogens (tertiary/aromatic N) is 9. The van der Waals surface area contributed by atoms with Gasteiger partial charge in [-0.25, -0.2) is 0 Å². The van der Waals surface area contributed by atoms with Crippen LogP contribution in [0.5, 0.6) is 0 Å². The van der Waals surface area contributed by atoms with E-state index in [-0.39, 0.29) is 82.5 Å². The van der Waals surface area contributed by atoms with Crippen LogP contribution in [0.1, 0.15) is 108 Å². The first-order valence-corrected chi connectivity index (χ1v) is 13.0. The SMILES string of the molecule is C.CC(=O)O.CC(=O)O.CC(=O)O.CC(C)(C)C1CC=CCC1.CC(C)(C)C1CCC(N=[N+]=[N-])C(N=[N+]=[N-])C1.O.O.[Mn].[N-]=[N+]=[N-].[Na+]. The molecule has 0 aromatic heterocycles. The predicted molar refractivity (Wildman–Crippen MR) is 173 cm³/mol. The van der Waals surface area contributed by atoms with E-state index < -0.39 is 17.9 Å². The molecule has 4 unspecified atom stereocenters. The van der Waals surface area contributed by atoms with Gasteiger partial charge in [-0.05, 0) is 72.3 Å². The zero-order chi connectivity index (χ0) is 33.2. The molecule has 1 saturated carbocycles. The van der Waals surface area contributed by atoms with E-state index in [4.69, 9.17) is 51.8 Å². The van der Waals surface area contributed by atoms with Crippen molar-refractivity contribution < 1.29 is 87.3 Å². The summed E-state index contributed by atoms with van der Waals surface area (Å²) in [6.45, 7) is 16.9. The molecule has 2 aliphatic carbocycles. The van der Waals surface area contributed by atoms with Crippen molar-refractivity contribution in [3.8, 4) is 0 Å². The van der Waals surface area contributed by atoms with Crippen molar-refractivity contribution in [3.63, 3.8) is 0 Å². The van der Waals surface area contributed by atoms with E-state index in [1.54, 1.807) is 0 Å². The second-order valence-electron chi connectivity index (χ2n) is 11.4. The first-order chi connectivity index (χ1) is 18.7. The number of aliphatic carboxylic acids is 3. The summed E-state index contributed by atoms with van der Waals surface area (Å²) in [4.78, 5) is 34.2. The fourth-order valence-corrected chi connectivity index (χ4v) is 3.89. The molecule has 4 atom stereocenters. The minimum atomic E-state index is -0.833. The van der Waals surface area contributed by atoms with Crippen LogP contribution < -0.4 is 29.6 Å². The van der Waals surface area contributed by atoms with Gasteiger partial charge < -0.3 is 37.3 Å². The van der Waals surface area contributed by atoms with Gasteiger partial charge >= 0.3 is 29.6 Å². The van der Waals surface area contributed by atoms with Gasteiger partial charge in [-0.3, -0.25) is 19.3 Å². The third kappa shape index (κ3) is 51.1. The van der Waals surface area contributed by atoms with Crippen LogP contribution in [0.15, 0.2) is 22.4 Å². The molecule has 0 aliphatic heterocycles. The van der Waals surface area contributed by atoms with Gasteiger partial charge in [0.05, 0.1) is 0 Å². The van der Waals surface area contributed by atoms with E-state index >= 15 is 0 Å². The van der Waals surface area contributed by atoms with Gasteiger partial charge in [-0.1, -0.05) is 71.3 Å². The number of hydrogen-bond donors (Lipinski definition) is 3. The van der Waals surface area contributed by atoms with Gasteiger partial charge in [0, 0.05) is 59.7 Å². The summed E-state index contributed by atoms with van der Waals surface area (Å²) in [5.41, 5.74) is 31.2. The normalized spacial score (nSPS) is 18.1. The first-order valence-electron chi connectivity index (χ1n) is 13.0. The zero-order valence-electron chi connectivity index (χ0n) is 28.2. The monoisotopic (exact) mass is 712 g/mol. The maximum atomic E-state index is 9.00. The summed E-state index contributed by atoms with van der Waals surface area (Å²) in [5, 5.41) is 29.7. The van der Waals surface area contributed by atoms with Gasteiger partial charge in [0.15, 0.2) is 0 Å². The molecule has 0 amide bonds. The van der Waals surface area contributed by atoms with E-state index in [1.807, 2.05) is 0 Å². The third-order valence-electron chi connectivity index (χ3n) is 5.90. The fourth-order valence-electron chi connectivity index (χ4n) is 3.89. The van der Waals surface area contributed by atoms with E-state index in [2.05, 4.69) is 73.7 Å². The summed E-state index contributed by atoms with van der Waals surface area (Å²) in [6.07, 6.45) is 11.3. The Hall–Kier alpha value is -2.48. The van der Waals surface area contributed by atoms with Gasteiger partial charge in [-0.15, -0.1) is 0 Å². The van der Waals surface area contributed by atoms with Gasteiger partial charge in [0.2, 0.25) is 0 Å². The smallest absolute Gasteiger partial charge is 0.481 e. The molecule has 1 radical (unpaired) electrons. The summed E-state index contributed by atoms with van der Waals surface area (Å²) < 4.78 is 0. The summed E-state index contributed by atoms with van der Waals surface area (Å²) in [6, 6.07) is -0.349. The number of azide groups is 2. The fraction of sp³-hybridized carbons (Fsp3) is 0.815. The summed E-state index contributed by atoms with van der Waals surface area (Å²) in [5.74, 6) is -1.06. The Morgan fingerprint density at radius 3 is 1.26 bits per heavy atom. The van der Waals surface area contributed by atoms with Crippen molar-refractivity contribution in [3.05, 3.63) is 49.0 Å². The van der Waals surface area contributed by atoms with Crippen LogP contribution in [0.4, 0.5) is 0 Å². The van der Waals surface area contributed by atoms with Crippen LogP contribution in [-0.4, -0.2) is 56.3 Å². The Kier molecular flexibility index (Phi) is 55.6. The van der Waals surface area contributed by atoms with E-state index in [0.29, 0.717) is 11.3 Å². The quantitative estimate of drug-likeness (QED) is 0.120.